The lowest BCUT2D eigenvalue weighted by atomic mass is 9.62. The number of halogens is 1. The van der Waals surface area contributed by atoms with E-state index in [2.05, 4.69) is 27.8 Å². The third kappa shape index (κ3) is 4.53. The van der Waals surface area contributed by atoms with E-state index in [1.165, 1.54) is 0 Å². The van der Waals surface area contributed by atoms with Crippen molar-refractivity contribution in [2.45, 2.75) is 57.9 Å². The zero-order valence-corrected chi connectivity index (χ0v) is 22.7. The number of hydrogen-bond acceptors (Lipinski definition) is 6. The normalized spacial score (nSPS) is 24.0. The van der Waals surface area contributed by atoms with Gasteiger partial charge in [-0.15, -0.1) is 0 Å². The fraction of sp³-hybridized carbons (Fsp3) is 0.533. The van der Waals surface area contributed by atoms with Crippen molar-refractivity contribution < 1.29 is 9.59 Å². The number of anilines is 2. The maximum absolute atomic E-state index is 13.0. The number of nitriles is 1. The van der Waals surface area contributed by atoms with Gasteiger partial charge in [-0.2, -0.15) is 5.26 Å². The summed E-state index contributed by atoms with van der Waals surface area (Å²) in [5.74, 6) is 0.360. The zero-order chi connectivity index (χ0) is 26.5. The molecule has 8 heteroatoms. The lowest BCUT2D eigenvalue weighted by molar-refractivity contribution is -0.135. The quantitative estimate of drug-likeness (QED) is 0.549. The monoisotopic (exact) mass is 531 g/mol. The van der Waals surface area contributed by atoms with Crippen LogP contribution in [0.3, 0.4) is 0 Å². The topological polar surface area (TPSA) is 80.5 Å². The number of hydrogen-bond donors (Lipinski definition) is 0. The molecule has 6 rings (SSSR count). The third-order valence-corrected chi connectivity index (χ3v) is 9.90. The molecule has 0 unspecified atom stereocenters. The average Bonchev–Trinajstić information content (AvgIpc) is 3.23. The highest BCUT2D eigenvalue weighted by molar-refractivity contribution is 6.32. The van der Waals surface area contributed by atoms with Gasteiger partial charge in [-0.3, -0.25) is 9.59 Å². The van der Waals surface area contributed by atoms with Crippen molar-refractivity contribution in [3.8, 4) is 6.07 Å². The van der Waals surface area contributed by atoms with Crippen LogP contribution < -0.4 is 9.80 Å². The number of benzene rings is 1. The third-order valence-electron chi connectivity index (χ3n) is 9.58. The van der Waals surface area contributed by atoms with Gasteiger partial charge < -0.3 is 14.7 Å². The van der Waals surface area contributed by atoms with Gasteiger partial charge in [0.25, 0.3) is 5.91 Å². The van der Waals surface area contributed by atoms with Gasteiger partial charge in [-0.1, -0.05) is 11.6 Å². The van der Waals surface area contributed by atoms with E-state index in [1.54, 1.807) is 0 Å². The number of nitrogens with zero attached hydrogens (tertiary/aromatic N) is 5. The maximum Gasteiger partial charge on any atom is 0.272 e. The summed E-state index contributed by atoms with van der Waals surface area (Å²) >= 11 is 6.32. The van der Waals surface area contributed by atoms with Crippen molar-refractivity contribution in [1.29, 1.82) is 5.26 Å². The van der Waals surface area contributed by atoms with Crippen LogP contribution in [0.15, 0.2) is 36.5 Å². The van der Waals surface area contributed by atoms with Gasteiger partial charge in [-0.25, -0.2) is 4.98 Å². The summed E-state index contributed by atoms with van der Waals surface area (Å²) in [6, 6.07) is 12.2. The van der Waals surface area contributed by atoms with Crippen LogP contribution in [0.2, 0.25) is 5.02 Å². The van der Waals surface area contributed by atoms with Gasteiger partial charge in [0.05, 0.1) is 22.5 Å². The van der Waals surface area contributed by atoms with Crippen molar-refractivity contribution in [2.75, 3.05) is 42.5 Å². The minimum atomic E-state index is -0.00223. The molecule has 4 heterocycles. The van der Waals surface area contributed by atoms with Crippen LogP contribution in [-0.4, -0.2) is 60.3 Å². The number of piperidine rings is 2. The van der Waals surface area contributed by atoms with E-state index in [0.717, 1.165) is 63.1 Å². The molecule has 3 saturated heterocycles. The fourth-order valence-corrected chi connectivity index (χ4v) is 7.44. The van der Waals surface area contributed by atoms with Gasteiger partial charge in [0.15, 0.2) is 0 Å². The number of ketones is 1. The smallest absolute Gasteiger partial charge is 0.272 e. The summed E-state index contributed by atoms with van der Waals surface area (Å²) in [4.78, 5) is 35.8. The molecule has 4 aliphatic rings. The van der Waals surface area contributed by atoms with Gasteiger partial charge in [-0.05, 0) is 80.2 Å². The first kappa shape index (κ1) is 25.2. The molecule has 0 N–H and O–H groups in total. The Balaban J connectivity index is 1.05. The highest BCUT2D eigenvalue weighted by Gasteiger charge is 2.46. The molecule has 198 valence electrons. The van der Waals surface area contributed by atoms with Crippen molar-refractivity contribution in [3.63, 3.8) is 0 Å². The molecule has 4 fully saturated rings. The number of pyridine rings is 1. The molecule has 1 atom stereocenters. The summed E-state index contributed by atoms with van der Waals surface area (Å²) in [7, 11) is 0. The van der Waals surface area contributed by atoms with Crippen LogP contribution in [-0.2, 0) is 4.79 Å². The van der Waals surface area contributed by atoms with Crippen molar-refractivity contribution in [2.24, 2.45) is 10.8 Å². The standard InChI is InChI=1S/C30H34ClN5O2/c1-21-15-30(20-36(21)23-3-2-22(18-32)26(31)14-23)8-10-34(11-9-30)24-4-5-27(33-19-24)28(38)35-12-6-29(7-13-35)16-25(37)17-29/h2-5,14,19,21H,6-13,15-17,20H2,1H3/t21-/m0/s1. The Kier molecular flexibility index (Phi) is 6.34. The van der Waals surface area contributed by atoms with Crippen LogP contribution in [0, 0.1) is 22.2 Å². The zero-order valence-electron chi connectivity index (χ0n) is 22.0. The Bertz CT molecular complexity index is 1280. The van der Waals surface area contributed by atoms with E-state index in [-0.39, 0.29) is 16.7 Å². The highest BCUT2D eigenvalue weighted by Crippen LogP contribution is 2.47. The summed E-state index contributed by atoms with van der Waals surface area (Å²) in [6.45, 7) is 6.65. The molecule has 2 spiro atoms. The number of carbonyl (C=O) groups is 2. The molecule has 1 amide bonds. The van der Waals surface area contributed by atoms with E-state index < -0.39 is 0 Å². The molecular weight excluding hydrogens is 498 g/mol. The van der Waals surface area contributed by atoms with Gasteiger partial charge in [0.2, 0.25) is 0 Å². The number of rotatable bonds is 3. The molecule has 38 heavy (non-hydrogen) atoms. The van der Waals surface area contributed by atoms with Gasteiger partial charge in [0.1, 0.15) is 17.5 Å². The molecule has 1 aromatic carbocycles. The van der Waals surface area contributed by atoms with Crippen LogP contribution in [0.25, 0.3) is 0 Å². The molecule has 3 aliphatic heterocycles. The minimum Gasteiger partial charge on any atom is -0.370 e. The molecular formula is C30H34ClN5O2. The lowest BCUT2D eigenvalue weighted by Crippen LogP contribution is -2.49. The first-order valence-corrected chi connectivity index (χ1v) is 14.1. The van der Waals surface area contributed by atoms with Gasteiger partial charge in [0, 0.05) is 57.3 Å². The van der Waals surface area contributed by atoms with E-state index in [4.69, 9.17) is 11.6 Å². The molecule has 1 saturated carbocycles. The SMILES string of the molecule is C[C@H]1CC2(CCN(c3ccc(C(=O)N4CCC5(CC4)CC(=O)C5)nc3)CC2)CN1c1ccc(C#N)c(Cl)c1. The number of aromatic nitrogens is 1. The predicted octanol–water partition coefficient (Wildman–Crippen LogP) is 5.08. The molecule has 2 aromatic rings. The second kappa shape index (κ2) is 9.57. The Morgan fingerprint density at radius 2 is 1.71 bits per heavy atom. The first-order chi connectivity index (χ1) is 18.3. The summed E-state index contributed by atoms with van der Waals surface area (Å²) in [6.07, 6.45) is 8.45. The first-order valence-electron chi connectivity index (χ1n) is 13.8. The fourth-order valence-electron chi connectivity index (χ4n) is 7.22. The Morgan fingerprint density at radius 3 is 2.32 bits per heavy atom. The van der Waals surface area contributed by atoms with Crippen LogP contribution in [0.5, 0.6) is 0 Å². The maximum atomic E-state index is 13.0. The van der Waals surface area contributed by atoms with Crippen LogP contribution in [0.1, 0.15) is 67.9 Å². The Labute approximate surface area is 229 Å². The molecule has 7 nitrogen and oxygen atoms in total. The van der Waals surface area contributed by atoms with E-state index in [1.807, 2.05) is 41.4 Å². The van der Waals surface area contributed by atoms with E-state index in [9.17, 15) is 14.9 Å². The van der Waals surface area contributed by atoms with E-state index >= 15 is 0 Å². The number of Topliss-reactive ketones (excluding diaryl/α,β-unsaturated/α-hetero) is 1. The van der Waals surface area contributed by atoms with E-state index in [0.29, 0.717) is 54.0 Å². The number of amides is 1. The molecule has 0 bridgehead atoms. The van der Waals surface area contributed by atoms with Crippen molar-refractivity contribution in [1.82, 2.24) is 9.88 Å². The second-order valence-electron chi connectivity index (χ2n) is 12.0. The summed E-state index contributed by atoms with van der Waals surface area (Å²) in [5.41, 5.74) is 3.63. The molecule has 1 aliphatic carbocycles. The van der Waals surface area contributed by atoms with Crippen LogP contribution >= 0.6 is 11.6 Å². The summed E-state index contributed by atoms with van der Waals surface area (Å²) in [5, 5.41) is 9.71. The molecule has 0 radical (unpaired) electrons. The van der Waals surface area contributed by atoms with Crippen LogP contribution in [0.4, 0.5) is 11.4 Å². The number of likely N-dealkylation sites (tertiary alicyclic amines) is 1. The lowest BCUT2D eigenvalue weighted by Gasteiger charge is -2.46. The van der Waals surface area contributed by atoms with Gasteiger partial charge >= 0.3 is 0 Å². The second-order valence-corrected chi connectivity index (χ2v) is 12.4. The Morgan fingerprint density at radius 1 is 1.03 bits per heavy atom. The summed E-state index contributed by atoms with van der Waals surface area (Å²) < 4.78 is 0. The largest absolute Gasteiger partial charge is 0.370 e. The molecule has 1 aromatic heterocycles. The number of carbonyl (C=O) groups excluding carboxylic acids is 2. The van der Waals surface area contributed by atoms with Crippen molar-refractivity contribution >= 4 is 34.7 Å². The van der Waals surface area contributed by atoms with Crippen molar-refractivity contribution in [3.05, 3.63) is 52.8 Å². The average molecular weight is 532 g/mol. The Hall–Kier alpha value is -3.11. The predicted molar refractivity (Wildman–Crippen MR) is 148 cm³/mol. The highest BCUT2D eigenvalue weighted by atomic mass is 35.5. The minimum absolute atomic E-state index is 0.00223.